The molecule has 0 aliphatic heterocycles. The Morgan fingerprint density at radius 3 is 2.50 bits per heavy atom. The van der Waals surface area contributed by atoms with Crippen molar-refractivity contribution in [2.75, 3.05) is 26.9 Å². The Hall–Kier alpha value is -0.610. The van der Waals surface area contributed by atoms with Gasteiger partial charge in [0.15, 0.2) is 0 Å². The van der Waals surface area contributed by atoms with E-state index in [2.05, 4.69) is 0 Å². The molecule has 0 saturated heterocycles. The molecule has 0 fully saturated rings. The highest BCUT2D eigenvalue weighted by Crippen LogP contribution is 2.29. The summed E-state index contributed by atoms with van der Waals surface area (Å²) in [6.07, 6.45) is 0.552. The third-order valence-electron chi connectivity index (χ3n) is 2.83. The molecule has 0 spiro atoms. The minimum Gasteiger partial charge on any atom is -0.395 e. The van der Waals surface area contributed by atoms with E-state index in [9.17, 15) is 10.2 Å². The molecule has 1 rings (SSSR count). The molecular formula is C12H17ClO3. The van der Waals surface area contributed by atoms with Gasteiger partial charge in [-0.25, -0.2) is 0 Å². The molecule has 0 heterocycles. The third kappa shape index (κ3) is 2.95. The lowest BCUT2D eigenvalue weighted by Gasteiger charge is -2.30. The molecule has 0 aliphatic carbocycles. The lowest BCUT2D eigenvalue weighted by Crippen LogP contribution is -2.36. The van der Waals surface area contributed by atoms with E-state index in [1.165, 1.54) is 0 Å². The van der Waals surface area contributed by atoms with Crippen molar-refractivity contribution in [1.82, 2.24) is 0 Å². The highest BCUT2D eigenvalue weighted by molar-refractivity contribution is 6.30. The number of aliphatic hydroxyl groups is 2. The molecule has 1 aromatic rings. The molecule has 0 unspecified atom stereocenters. The largest absolute Gasteiger partial charge is 0.395 e. The van der Waals surface area contributed by atoms with Gasteiger partial charge in [0.2, 0.25) is 0 Å². The van der Waals surface area contributed by atoms with Crippen molar-refractivity contribution in [3.8, 4) is 0 Å². The summed E-state index contributed by atoms with van der Waals surface area (Å²) in [5.74, 6) is 0. The van der Waals surface area contributed by atoms with Crippen LogP contribution in [-0.4, -0.2) is 37.1 Å². The molecule has 0 saturated carbocycles. The van der Waals surface area contributed by atoms with Crippen LogP contribution < -0.4 is 0 Å². The van der Waals surface area contributed by atoms with Crippen LogP contribution in [0.5, 0.6) is 0 Å². The molecule has 2 N–H and O–H groups in total. The van der Waals surface area contributed by atoms with Crippen molar-refractivity contribution < 1.29 is 14.9 Å². The first-order valence-electron chi connectivity index (χ1n) is 5.15. The predicted molar refractivity (Wildman–Crippen MR) is 63.8 cm³/mol. The van der Waals surface area contributed by atoms with E-state index in [1.807, 2.05) is 12.1 Å². The number of rotatable bonds is 6. The molecule has 0 aliphatic rings. The second-order valence-electron chi connectivity index (χ2n) is 3.85. The first-order valence-corrected chi connectivity index (χ1v) is 5.53. The van der Waals surface area contributed by atoms with E-state index in [0.717, 1.165) is 5.56 Å². The standard InChI is InChI=1S/C12H17ClO3/c1-16-6-5-12(8-14,9-15)10-3-2-4-11(13)7-10/h2-4,7,14-15H,5-6,8-9H2,1H3. The number of hydrogen-bond acceptors (Lipinski definition) is 3. The molecular weight excluding hydrogens is 228 g/mol. The van der Waals surface area contributed by atoms with Gasteiger partial charge in [-0.05, 0) is 24.1 Å². The number of aliphatic hydroxyl groups excluding tert-OH is 2. The Morgan fingerprint density at radius 1 is 1.31 bits per heavy atom. The number of hydrogen-bond donors (Lipinski definition) is 2. The van der Waals surface area contributed by atoms with E-state index in [1.54, 1.807) is 19.2 Å². The van der Waals surface area contributed by atoms with Crippen molar-refractivity contribution >= 4 is 11.6 Å². The van der Waals surface area contributed by atoms with Crippen LogP contribution in [0, 0.1) is 0 Å². The summed E-state index contributed by atoms with van der Waals surface area (Å²) < 4.78 is 5.00. The Morgan fingerprint density at radius 2 is 2.00 bits per heavy atom. The topological polar surface area (TPSA) is 49.7 Å². The van der Waals surface area contributed by atoms with Gasteiger partial charge >= 0.3 is 0 Å². The van der Waals surface area contributed by atoms with E-state index >= 15 is 0 Å². The zero-order valence-corrected chi connectivity index (χ0v) is 10.1. The molecule has 0 bridgehead atoms. The van der Waals surface area contributed by atoms with Crippen molar-refractivity contribution in [3.63, 3.8) is 0 Å². The average Bonchev–Trinajstić information content (AvgIpc) is 2.31. The van der Waals surface area contributed by atoms with E-state index in [4.69, 9.17) is 16.3 Å². The first kappa shape index (κ1) is 13.5. The van der Waals surface area contributed by atoms with E-state index in [0.29, 0.717) is 18.1 Å². The number of methoxy groups -OCH3 is 1. The van der Waals surface area contributed by atoms with Gasteiger partial charge in [0.05, 0.1) is 13.2 Å². The fourth-order valence-electron chi connectivity index (χ4n) is 1.65. The lowest BCUT2D eigenvalue weighted by molar-refractivity contribution is 0.0794. The van der Waals surface area contributed by atoms with Crippen LogP contribution in [0.2, 0.25) is 5.02 Å². The van der Waals surface area contributed by atoms with Gasteiger partial charge in [0.1, 0.15) is 0 Å². The second kappa shape index (κ2) is 6.21. The quantitative estimate of drug-likeness (QED) is 0.799. The summed E-state index contributed by atoms with van der Waals surface area (Å²) in [5, 5.41) is 19.6. The first-order chi connectivity index (χ1) is 7.68. The van der Waals surface area contributed by atoms with Gasteiger partial charge in [-0.2, -0.15) is 0 Å². The van der Waals surface area contributed by atoms with Crippen LogP contribution in [0.25, 0.3) is 0 Å². The molecule has 0 aromatic heterocycles. The van der Waals surface area contributed by atoms with Crippen LogP contribution in [0.15, 0.2) is 24.3 Å². The Balaban J connectivity index is 2.99. The predicted octanol–water partition coefficient (Wildman–Crippen LogP) is 1.60. The Bertz CT molecular complexity index is 324. The summed E-state index contributed by atoms with van der Waals surface area (Å²) >= 11 is 5.90. The maximum atomic E-state index is 9.49. The molecule has 16 heavy (non-hydrogen) atoms. The Kier molecular flexibility index (Phi) is 5.22. The molecule has 1 aromatic carbocycles. The third-order valence-corrected chi connectivity index (χ3v) is 3.06. The van der Waals surface area contributed by atoms with Crippen LogP contribution in [-0.2, 0) is 10.2 Å². The van der Waals surface area contributed by atoms with Gasteiger partial charge in [0, 0.05) is 24.2 Å². The summed E-state index contributed by atoms with van der Waals surface area (Å²) in [6.45, 7) is 0.216. The van der Waals surface area contributed by atoms with E-state index < -0.39 is 5.41 Å². The smallest absolute Gasteiger partial charge is 0.0550 e. The summed E-state index contributed by atoms with van der Waals surface area (Å²) in [6, 6.07) is 7.20. The van der Waals surface area contributed by atoms with Crippen molar-refractivity contribution in [2.24, 2.45) is 0 Å². The molecule has 4 heteroatoms. The highest BCUT2D eigenvalue weighted by atomic mass is 35.5. The number of halogens is 1. The van der Waals surface area contributed by atoms with Gasteiger partial charge in [-0.3, -0.25) is 0 Å². The van der Waals surface area contributed by atoms with E-state index in [-0.39, 0.29) is 13.2 Å². The Labute approximate surface area is 101 Å². The van der Waals surface area contributed by atoms with Gasteiger partial charge < -0.3 is 14.9 Å². The van der Waals surface area contributed by atoms with Crippen LogP contribution >= 0.6 is 11.6 Å². The van der Waals surface area contributed by atoms with Crippen molar-refractivity contribution in [2.45, 2.75) is 11.8 Å². The fraction of sp³-hybridized carbons (Fsp3) is 0.500. The molecule has 0 atom stereocenters. The molecule has 90 valence electrons. The minimum atomic E-state index is -0.680. The SMILES string of the molecule is COCCC(CO)(CO)c1cccc(Cl)c1. The number of benzene rings is 1. The normalized spacial score (nSPS) is 11.8. The van der Waals surface area contributed by atoms with Gasteiger partial charge in [-0.1, -0.05) is 23.7 Å². The minimum absolute atomic E-state index is 0.132. The fourth-order valence-corrected chi connectivity index (χ4v) is 1.84. The van der Waals surface area contributed by atoms with Crippen molar-refractivity contribution in [3.05, 3.63) is 34.9 Å². The highest BCUT2D eigenvalue weighted by Gasteiger charge is 2.30. The maximum Gasteiger partial charge on any atom is 0.0550 e. The van der Waals surface area contributed by atoms with Crippen molar-refractivity contribution in [1.29, 1.82) is 0 Å². The van der Waals surface area contributed by atoms with Crippen LogP contribution in [0.1, 0.15) is 12.0 Å². The molecule has 0 amide bonds. The van der Waals surface area contributed by atoms with Gasteiger partial charge in [0.25, 0.3) is 0 Å². The van der Waals surface area contributed by atoms with Gasteiger partial charge in [-0.15, -0.1) is 0 Å². The van der Waals surface area contributed by atoms with Crippen LogP contribution in [0.3, 0.4) is 0 Å². The zero-order chi connectivity index (χ0) is 12.0. The second-order valence-corrected chi connectivity index (χ2v) is 4.29. The van der Waals surface area contributed by atoms with Crippen LogP contribution in [0.4, 0.5) is 0 Å². The zero-order valence-electron chi connectivity index (χ0n) is 9.32. The summed E-state index contributed by atoms with van der Waals surface area (Å²) in [5.41, 5.74) is 0.156. The average molecular weight is 245 g/mol. The molecule has 0 radical (unpaired) electrons. The molecule has 3 nitrogen and oxygen atoms in total. The summed E-state index contributed by atoms with van der Waals surface area (Å²) in [7, 11) is 1.59. The maximum absolute atomic E-state index is 9.49. The lowest BCUT2D eigenvalue weighted by atomic mass is 9.79. The monoisotopic (exact) mass is 244 g/mol. The number of ether oxygens (including phenoxy) is 1. The summed E-state index contributed by atoms with van der Waals surface area (Å²) in [4.78, 5) is 0.